The second-order valence-electron chi connectivity index (χ2n) is 8.00. The number of ether oxygens (including phenoxy) is 2. The van der Waals surface area contributed by atoms with E-state index in [0.29, 0.717) is 28.1 Å². The molecule has 6 heteroatoms. The number of hydrogen-bond donors (Lipinski definition) is 1. The van der Waals surface area contributed by atoms with Gasteiger partial charge in [0, 0.05) is 16.3 Å². The summed E-state index contributed by atoms with van der Waals surface area (Å²) in [6.45, 7) is 6.89. The van der Waals surface area contributed by atoms with Gasteiger partial charge in [-0.1, -0.05) is 32.4 Å². The molecule has 1 N–H and O–H groups in total. The van der Waals surface area contributed by atoms with Crippen LogP contribution in [-0.4, -0.2) is 20.1 Å². The number of carbonyl (C=O) groups is 1. The molecular formula is C21H26ClNO3S. The van der Waals surface area contributed by atoms with Crippen molar-refractivity contribution in [2.45, 2.75) is 40.0 Å². The minimum Gasteiger partial charge on any atom is -0.495 e. The molecule has 1 amide bonds. The van der Waals surface area contributed by atoms with Crippen molar-refractivity contribution < 1.29 is 14.3 Å². The van der Waals surface area contributed by atoms with Crippen LogP contribution in [0.3, 0.4) is 0 Å². The highest BCUT2D eigenvalue weighted by molar-refractivity contribution is 7.10. The monoisotopic (exact) mass is 407 g/mol. The Morgan fingerprint density at radius 1 is 1.22 bits per heavy atom. The van der Waals surface area contributed by atoms with E-state index >= 15 is 0 Å². The van der Waals surface area contributed by atoms with E-state index in [4.69, 9.17) is 21.1 Å². The van der Waals surface area contributed by atoms with Gasteiger partial charge in [0.15, 0.2) is 0 Å². The number of hydrogen-bond acceptors (Lipinski definition) is 4. The number of nitrogens with one attached hydrogen (secondary N) is 1. The summed E-state index contributed by atoms with van der Waals surface area (Å²) in [6, 6.07) is 3.33. The van der Waals surface area contributed by atoms with Crippen molar-refractivity contribution in [3.8, 4) is 11.5 Å². The van der Waals surface area contributed by atoms with Crippen molar-refractivity contribution in [3.63, 3.8) is 0 Å². The summed E-state index contributed by atoms with van der Waals surface area (Å²) >= 11 is 7.90. The van der Waals surface area contributed by atoms with Crippen LogP contribution in [0.15, 0.2) is 17.5 Å². The quantitative estimate of drug-likeness (QED) is 0.694. The van der Waals surface area contributed by atoms with Crippen molar-refractivity contribution in [1.29, 1.82) is 0 Å². The van der Waals surface area contributed by atoms with Crippen LogP contribution < -0.4 is 14.8 Å². The SMILES string of the molecule is COc1cc(OC)c(NC(=O)c2csc3c2CC[C@H](C(C)(C)C)C3)cc1Cl. The number of thiophene rings is 1. The van der Waals surface area contributed by atoms with Gasteiger partial charge in [-0.25, -0.2) is 0 Å². The molecule has 2 aromatic rings. The van der Waals surface area contributed by atoms with E-state index in [1.54, 1.807) is 37.7 Å². The summed E-state index contributed by atoms with van der Waals surface area (Å²) in [7, 11) is 3.10. The van der Waals surface area contributed by atoms with Gasteiger partial charge in [-0.3, -0.25) is 4.79 Å². The Hall–Kier alpha value is -1.72. The van der Waals surface area contributed by atoms with Crippen molar-refractivity contribution in [1.82, 2.24) is 0 Å². The maximum Gasteiger partial charge on any atom is 0.256 e. The fraction of sp³-hybridized carbons (Fsp3) is 0.476. The molecule has 1 aromatic carbocycles. The Balaban J connectivity index is 1.83. The van der Waals surface area contributed by atoms with E-state index in [1.807, 2.05) is 5.38 Å². The lowest BCUT2D eigenvalue weighted by molar-refractivity contribution is 0.102. The van der Waals surface area contributed by atoms with Gasteiger partial charge in [0.2, 0.25) is 0 Å². The van der Waals surface area contributed by atoms with E-state index in [1.165, 1.54) is 10.4 Å². The molecular weight excluding hydrogens is 382 g/mol. The zero-order valence-electron chi connectivity index (χ0n) is 16.4. The minimum atomic E-state index is -0.124. The van der Waals surface area contributed by atoms with Gasteiger partial charge in [0.25, 0.3) is 5.91 Å². The van der Waals surface area contributed by atoms with E-state index in [0.717, 1.165) is 24.8 Å². The molecule has 0 saturated heterocycles. The average molecular weight is 408 g/mol. The zero-order valence-corrected chi connectivity index (χ0v) is 18.0. The molecule has 0 aliphatic heterocycles. The topological polar surface area (TPSA) is 47.6 Å². The molecule has 27 heavy (non-hydrogen) atoms. The average Bonchev–Trinajstić information content (AvgIpc) is 3.04. The predicted molar refractivity (Wildman–Crippen MR) is 112 cm³/mol. The van der Waals surface area contributed by atoms with Crippen LogP contribution in [0.1, 0.15) is 48.0 Å². The first-order valence-corrected chi connectivity index (χ1v) is 10.3. The third-order valence-electron chi connectivity index (χ3n) is 5.35. The van der Waals surface area contributed by atoms with Gasteiger partial charge in [0.1, 0.15) is 11.5 Å². The van der Waals surface area contributed by atoms with Crippen molar-refractivity contribution in [2.24, 2.45) is 11.3 Å². The predicted octanol–water partition coefficient (Wildman–Crippen LogP) is 5.82. The molecule has 0 bridgehead atoms. The van der Waals surface area contributed by atoms with Crippen molar-refractivity contribution in [3.05, 3.63) is 38.5 Å². The molecule has 0 fully saturated rings. The number of anilines is 1. The zero-order chi connectivity index (χ0) is 19.8. The maximum absolute atomic E-state index is 12.9. The van der Waals surface area contributed by atoms with Crippen LogP contribution in [0.4, 0.5) is 5.69 Å². The molecule has 1 atom stereocenters. The van der Waals surface area contributed by atoms with Crippen molar-refractivity contribution >= 4 is 34.5 Å². The van der Waals surface area contributed by atoms with E-state index in [-0.39, 0.29) is 11.3 Å². The Kier molecular flexibility index (Phi) is 5.73. The highest BCUT2D eigenvalue weighted by Gasteiger charge is 2.31. The molecule has 1 heterocycles. The van der Waals surface area contributed by atoms with Crippen LogP contribution >= 0.6 is 22.9 Å². The third kappa shape index (κ3) is 4.09. The molecule has 4 nitrogen and oxygen atoms in total. The molecule has 146 valence electrons. The molecule has 0 radical (unpaired) electrons. The van der Waals surface area contributed by atoms with Gasteiger partial charge in [-0.2, -0.15) is 0 Å². The first-order valence-electron chi connectivity index (χ1n) is 9.06. The Labute approximate surface area is 169 Å². The van der Waals surface area contributed by atoms with Crippen LogP contribution in [0.25, 0.3) is 0 Å². The summed E-state index contributed by atoms with van der Waals surface area (Å²) in [5, 5.41) is 5.35. The summed E-state index contributed by atoms with van der Waals surface area (Å²) < 4.78 is 10.6. The number of benzene rings is 1. The highest BCUT2D eigenvalue weighted by Crippen LogP contribution is 2.41. The third-order valence-corrected chi connectivity index (χ3v) is 6.69. The first kappa shape index (κ1) is 20.0. The summed E-state index contributed by atoms with van der Waals surface area (Å²) in [6.07, 6.45) is 3.11. The smallest absolute Gasteiger partial charge is 0.256 e. The molecule has 0 unspecified atom stereocenters. The first-order chi connectivity index (χ1) is 12.7. The Morgan fingerprint density at radius 2 is 1.93 bits per heavy atom. The molecule has 1 aromatic heterocycles. The lowest BCUT2D eigenvalue weighted by Gasteiger charge is -2.34. The second kappa shape index (κ2) is 7.72. The maximum atomic E-state index is 12.9. The number of halogens is 1. The fourth-order valence-electron chi connectivity index (χ4n) is 3.59. The van der Waals surface area contributed by atoms with Gasteiger partial charge in [-0.15, -0.1) is 11.3 Å². The normalized spacial score (nSPS) is 16.6. The number of carbonyl (C=O) groups excluding carboxylic acids is 1. The Morgan fingerprint density at radius 3 is 2.56 bits per heavy atom. The molecule has 1 aliphatic carbocycles. The van der Waals surface area contributed by atoms with Gasteiger partial charge in [0.05, 0.1) is 30.5 Å². The lowest BCUT2D eigenvalue weighted by atomic mass is 9.72. The van der Waals surface area contributed by atoms with E-state index in [2.05, 4.69) is 26.1 Å². The molecule has 0 saturated carbocycles. The number of fused-ring (bicyclic) bond motifs is 1. The number of rotatable bonds is 4. The van der Waals surface area contributed by atoms with E-state index < -0.39 is 0 Å². The van der Waals surface area contributed by atoms with Crippen LogP contribution in [0.2, 0.25) is 5.02 Å². The Bertz CT molecular complexity index is 854. The standard InChI is InChI=1S/C21H26ClNO3S/c1-21(2,3)12-6-7-13-14(11-27-19(13)8-12)20(24)23-16-9-15(22)17(25-4)10-18(16)26-5/h9-12H,6-8H2,1-5H3,(H,23,24)/t12-/m0/s1. The van der Waals surface area contributed by atoms with Crippen LogP contribution in [0, 0.1) is 11.3 Å². The molecule has 0 spiro atoms. The largest absolute Gasteiger partial charge is 0.495 e. The fourth-order valence-corrected chi connectivity index (χ4v) is 4.99. The lowest BCUT2D eigenvalue weighted by Crippen LogP contribution is -2.27. The van der Waals surface area contributed by atoms with Gasteiger partial charge < -0.3 is 14.8 Å². The number of methoxy groups -OCH3 is 2. The van der Waals surface area contributed by atoms with Crippen LogP contribution in [-0.2, 0) is 12.8 Å². The van der Waals surface area contributed by atoms with Gasteiger partial charge >= 0.3 is 0 Å². The van der Waals surface area contributed by atoms with E-state index in [9.17, 15) is 4.79 Å². The second-order valence-corrected chi connectivity index (χ2v) is 9.37. The van der Waals surface area contributed by atoms with Crippen LogP contribution in [0.5, 0.6) is 11.5 Å². The highest BCUT2D eigenvalue weighted by atomic mass is 35.5. The summed E-state index contributed by atoms with van der Waals surface area (Å²) in [5.74, 6) is 1.55. The molecule has 3 rings (SSSR count). The number of amides is 1. The molecule has 1 aliphatic rings. The minimum absolute atomic E-state index is 0.124. The summed E-state index contributed by atoms with van der Waals surface area (Å²) in [5.41, 5.74) is 2.78. The van der Waals surface area contributed by atoms with Crippen molar-refractivity contribution in [2.75, 3.05) is 19.5 Å². The van der Waals surface area contributed by atoms with Gasteiger partial charge in [-0.05, 0) is 42.2 Å². The summed E-state index contributed by atoms with van der Waals surface area (Å²) in [4.78, 5) is 14.3.